The van der Waals surface area contributed by atoms with Crippen LogP contribution in [0.5, 0.6) is 0 Å². The average Bonchev–Trinajstić information content (AvgIpc) is 2.00. The van der Waals surface area contributed by atoms with Crippen LogP contribution in [-0.2, 0) is 9.53 Å². The van der Waals surface area contributed by atoms with Crippen molar-refractivity contribution in [1.82, 2.24) is 0 Å². The van der Waals surface area contributed by atoms with E-state index in [4.69, 9.17) is 5.73 Å². The molecule has 0 bridgehead atoms. The molecule has 0 aromatic carbocycles. The molecule has 86 valence electrons. The van der Waals surface area contributed by atoms with E-state index in [0.717, 1.165) is 7.11 Å². The van der Waals surface area contributed by atoms with Gasteiger partial charge in [-0.3, -0.25) is 4.79 Å². The number of rotatable bonds is 4. The molecule has 2 N–H and O–H groups in total. The summed E-state index contributed by atoms with van der Waals surface area (Å²) in [5.74, 6) is -0.679. The predicted octanol–water partition coefficient (Wildman–Crippen LogP) is 1.86. The maximum atomic E-state index is 11.6. The second kappa shape index (κ2) is 6.64. The molecule has 0 aliphatic rings. The van der Waals surface area contributed by atoms with Crippen LogP contribution in [0.2, 0.25) is 0 Å². The number of nitrogens with two attached hydrogens (primary N) is 1. The van der Waals surface area contributed by atoms with E-state index >= 15 is 0 Å². The molecule has 0 saturated carbocycles. The Bertz CT molecular complexity index is 170. The lowest BCUT2D eigenvalue weighted by molar-refractivity contribution is -0.144. The molecule has 1 atom stereocenters. The Morgan fingerprint density at radius 3 is 2.36 bits per heavy atom. The van der Waals surface area contributed by atoms with E-state index in [1.165, 1.54) is 0 Å². The number of alkyl halides is 3. The fourth-order valence-corrected chi connectivity index (χ4v) is 0.792. The minimum absolute atomic E-state index is 0. The fraction of sp³-hybridized carbons (Fsp3) is 0.875. The molecule has 3 nitrogen and oxygen atoms in total. The Morgan fingerprint density at radius 1 is 1.50 bits per heavy atom. The lowest BCUT2D eigenvalue weighted by Crippen LogP contribution is -2.31. The van der Waals surface area contributed by atoms with Crippen LogP contribution >= 0.6 is 0 Å². The first-order valence-electron chi connectivity index (χ1n) is 3.77. The van der Waals surface area contributed by atoms with Gasteiger partial charge in [0.25, 0.3) is 0 Å². The lowest BCUT2D eigenvalue weighted by atomic mass is 10.1. The van der Waals surface area contributed by atoms with Crippen LogP contribution in [0.3, 0.4) is 0 Å². The quantitative estimate of drug-likeness (QED) is 0.728. The molecule has 0 spiro atoms. The normalized spacial score (nSPS) is 12.9. The monoisotopic (exact) mass is 215 g/mol. The molecular formula is C8H16F3NO2. The summed E-state index contributed by atoms with van der Waals surface area (Å²) in [6.07, 6.45) is -5.26. The Kier molecular flexibility index (Phi) is 7.44. The van der Waals surface area contributed by atoms with Gasteiger partial charge in [-0.15, -0.1) is 0 Å². The molecule has 0 heterocycles. The number of carbonyl (C=O) groups is 1. The van der Waals surface area contributed by atoms with E-state index < -0.39 is 24.6 Å². The van der Waals surface area contributed by atoms with Crippen LogP contribution in [0.4, 0.5) is 13.2 Å². The number of methoxy groups -OCH3 is 1. The molecular weight excluding hydrogens is 199 g/mol. The topological polar surface area (TPSA) is 52.3 Å². The van der Waals surface area contributed by atoms with Gasteiger partial charge in [-0.25, -0.2) is 0 Å². The summed E-state index contributed by atoms with van der Waals surface area (Å²) in [7, 11) is 1.14. The molecule has 0 amide bonds. The molecule has 0 aliphatic carbocycles. The number of hydrogen-bond donors (Lipinski definition) is 1. The Labute approximate surface area is 81.4 Å². The van der Waals surface area contributed by atoms with Crippen LogP contribution < -0.4 is 5.73 Å². The van der Waals surface area contributed by atoms with Gasteiger partial charge in [0.1, 0.15) is 6.04 Å². The zero-order chi connectivity index (χ0) is 10.5. The van der Waals surface area contributed by atoms with Crippen molar-refractivity contribution in [2.45, 2.75) is 38.9 Å². The fourth-order valence-electron chi connectivity index (χ4n) is 0.792. The van der Waals surface area contributed by atoms with Crippen LogP contribution in [0.25, 0.3) is 0 Å². The standard InChI is InChI=1S/C7H12F3NO2.CH4/c1-13-6(12)5(11)3-2-4-7(8,9)10;/h5H,2-4,11H2,1H3;1H4. The highest BCUT2D eigenvalue weighted by Gasteiger charge is 2.27. The molecule has 0 aromatic rings. The largest absolute Gasteiger partial charge is 0.468 e. The van der Waals surface area contributed by atoms with Gasteiger partial charge in [-0.05, 0) is 12.8 Å². The van der Waals surface area contributed by atoms with E-state index in [0.29, 0.717) is 0 Å². The van der Waals surface area contributed by atoms with E-state index in [9.17, 15) is 18.0 Å². The molecule has 6 heteroatoms. The molecule has 14 heavy (non-hydrogen) atoms. The van der Waals surface area contributed by atoms with Crippen LogP contribution in [0.15, 0.2) is 0 Å². The van der Waals surface area contributed by atoms with Gasteiger partial charge in [0.15, 0.2) is 0 Å². The van der Waals surface area contributed by atoms with Gasteiger partial charge in [0.2, 0.25) is 0 Å². The summed E-state index contributed by atoms with van der Waals surface area (Å²) in [5, 5.41) is 0. The first-order chi connectivity index (χ1) is 5.87. The van der Waals surface area contributed by atoms with Crippen molar-refractivity contribution in [3.63, 3.8) is 0 Å². The maximum Gasteiger partial charge on any atom is 0.389 e. The molecule has 0 fully saturated rings. The van der Waals surface area contributed by atoms with Gasteiger partial charge in [-0.1, -0.05) is 7.43 Å². The van der Waals surface area contributed by atoms with E-state index in [-0.39, 0.29) is 20.3 Å². The highest BCUT2D eigenvalue weighted by Crippen LogP contribution is 2.22. The van der Waals surface area contributed by atoms with Crippen molar-refractivity contribution >= 4 is 5.97 Å². The average molecular weight is 215 g/mol. The van der Waals surface area contributed by atoms with Crippen molar-refractivity contribution in [2.24, 2.45) is 5.73 Å². The molecule has 0 aliphatic heterocycles. The second-order valence-electron chi connectivity index (χ2n) is 2.64. The van der Waals surface area contributed by atoms with Gasteiger partial charge >= 0.3 is 12.1 Å². The number of esters is 1. The van der Waals surface area contributed by atoms with Crippen molar-refractivity contribution < 1.29 is 22.7 Å². The van der Waals surface area contributed by atoms with Gasteiger partial charge in [0, 0.05) is 6.42 Å². The molecule has 0 radical (unpaired) electrons. The Balaban J connectivity index is 0. The van der Waals surface area contributed by atoms with Crippen molar-refractivity contribution in [3.8, 4) is 0 Å². The first kappa shape index (κ1) is 15.7. The highest BCUT2D eigenvalue weighted by atomic mass is 19.4. The zero-order valence-corrected chi connectivity index (χ0v) is 7.23. The molecule has 1 unspecified atom stereocenters. The number of hydrogen-bond acceptors (Lipinski definition) is 3. The lowest BCUT2D eigenvalue weighted by Gasteiger charge is -2.09. The SMILES string of the molecule is C.COC(=O)C(N)CCCC(F)(F)F. The molecule has 0 rings (SSSR count). The third-order valence-corrected chi connectivity index (χ3v) is 1.48. The van der Waals surface area contributed by atoms with Crippen LogP contribution in [0.1, 0.15) is 26.7 Å². The second-order valence-corrected chi connectivity index (χ2v) is 2.64. The van der Waals surface area contributed by atoms with Gasteiger partial charge in [-0.2, -0.15) is 13.2 Å². The van der Waals surface area contributed by atoms with Crippen molar-refractivity contribution in [1.29, 1.82) is 0 Å². The predicted molar refractivity (Wildman–Crippen MR) is 46.6 cm³/mol. The van der Waals surface area contributed by atoms with E-state index in [1.54, 1.807) is 0 Å². The maximum absolute atomic E-state index is 11.6. The van der Waals surface area contributed by atoms with Crippen molar-refractivity contribution in [2.75, 3.05) is 7.11 Å². The minimum Gasteiger partial charge on any atom is -0.468 e. The van der Waals surface area contributed by atoms with Crippen LogP contribution in [-0.4, -0.2) is 25.3 Å². The van der Waals surface area contributed by atoms with Gasteiger partial charge < -0.3 is 10.5 Å². The van der Waals surface area contributed by atoms with E-state index in [2.05, 4.69) is 4.74 Å². The summed E-state index contributed by atoms with van der Waals surface area (Å²) in [6.45, 7) is 0. The smallest absolute Gasteiger partial charge is 0.389 e. The number of halogens is 3. The summed E-state index contributed by atoms with van der Waals surface area (Å²) >= 11 is 0. The molecule has 0 saturated heterocycles. The summed E-state index contributed by atoms with van der Waals surface area (Å²) in [6, 6.07) is -0.952. The third kappa shape index (κ3) is 7.85. The summed E-state index contributed by atoms with van der Waals surface area (Å²) in [5.41, 5.74) is 5.22. The third-order valence-electron chi connectivity index (χ3n) is 1.48. The zero-order valence-electron chi connectivity index (χ0n) is 7.23. The number of ether oxygens (including phenoxy) is 1. The van der Waals surface area contributed by atoms with Crippen LogP contribution in [0, 0.1) is 0 Å². The molecule has 0 aromatic heterocycles. The first-order valence-corrected chi connectivity index (χ1v) is 3.77. The van der Waals surface area contributed by atoms with Gasteiger partial charge in [0.05, 0.1) is 7.11 Å². The minimum atomic E-state index is -4.18. The summed E-state index contributed by atoms with van der Waals surface area (Å²) < 4.78 is 39.1. The summed E-state index contributed by atoms with van der Waals surface area (Å²) in [4.78, 5) is 10.6. The van der Waals surface area contributed by atoms with E-state index in [1.807, 2.05) is 0 Å². The highest BCUT2D eigenvalue weighted by molar-refractivity contribution is 5.75. The number of carbonyl (C=O) groups excluding carboxylic acids is 1. The Morgan fingerprint density at radius 2 is 2.00 bits per heavy atom. The van der Waals surface area contributed by atoms with Crippen molar-refractivity contribution in [3.05, 3.63) is 0 Å². The Hall–Kier alpha value is -0.780.